The Kier molecular flexibility index (Phi) is 2.47. The smallest absolute Gasteiger partial charge is 0.345 e. The summed E-state index contributed by atoms with van der Waals surface area (Å²) in [6.45, 7) is 0. The molecule has 0 bridgehead atoms. The fraction of sp³-hybridized carbons (Fsp3) is 0.111. The summed E-state index contributed by atoms with van der Waals surface area (Å²) in [5.41, 5.74) is 3.22. The Balaban J connectivity index is 2.89. The third-order valence-corrected chi connectivity index (χ3v) is 1.23. The number of ether oxygens (including phenoxy) is 1. The summed E-state index contributed by atoms with van der Waals surface area (Å²) in [4.78, 5) is 10.9. The Morgan fingerprint density at radius 1 is 1.45 bits per heavy atom. The van der Waals surface area contributed by atoms with Crippen molar-refractivity contribution in [2.75, 3.05) is 7.11 Å². The fourth-order valence-electron chi connectivity index (χ4n) is 0.694. The van der Waals surface area contributed by atoms with Crippen molar-refractivity contribution in [3.8, 4) is 0 Å². The quantitative estimate of drug-likeness (QED) is 0.414. The molecule has 0 N–H and O–H groups in total. The molecule has 0 atom stereocenters. The monoisotopic (exact) mass is 148 g/mol. The molecule has 2 nitrogen and oxygen atoms in total. The first kappa shape index (κ1) is 7.58. The van der Waals surface area contributed by atoms with Crippen LogP contribution in [0.25, 0.3) is 0 Å². The lowest BCUT2D eigenvalue weighted by atomic mass is 10.3. The van der Waals surface area contributed by atoms with Gasteiger partial charge in [0.1, 0.15) is 5.57 Å². The van der Waals surface area contributed by atoms with Crippen LogP contribution in [0, 0.1) is 0 Å². The number of allylic oxidation sites excluding steroid dienone is 3. The van der Waals surface area contributed by atoms with Gasteiger partial charge in [0, 0.05) is 0 Å². The number of hydrogen-bond donors (Lipinski definition) is 0. The van der Waals surface area contributed by atoms with E-state index in [1.54, 1.807) is 24.3 Å². The molecule has 0 aliphatic heterocycles. The minimum absolute atomic E-state index is 0.360. The molecule has 0 saturated heterocycles. The normalized spacial score (nSPS) is 14.1. The van der Waals surface area contributed by atoms with E-state index in [0.717, 1.165) is 0 Å². The summed E-state index contributed by atoms with van der Waals surface area (Å²) in [7, 11) is 1.35. The first-order valence-corrected chi connectivity index (χ1v) is 3.23. The van der Waals surface area contributed by atoms with Gasteiger partial charge in [0.15, 0.2) is 0 Å². The Morgan fingerprint density at radius 3 is 3.00 bits per heavy atom. The minimum Gasteiger partial charge on any atom is -0.465 e. The largest absolute Gasteiger partial charge is 0.465 e. The van der Waals surface area contributed by atoms with Gasteiger partial charge >= 0.3 is 5.97 Å². The van der Waals surface area contributed by atoms with E-state index in [4.69, 9.17) is 0 Å². The van der Waals surface area contributed by atoms with Crippen LogP contribution in [0.5, 0.6) is 0 Å². The van der Waals surface area contributed by atoms with Crippen LogP contribution in [0.4, 0.5) is 0 Å². The lowest BCUT2D eigenvalue weighted by Crippen LogP contribution is -2.00. The van der Waals surface area contributed by atoms with Gasteiger partial charge in [-0.25, -0.2) is 4.79 Å². The molecule has 1 aliphatic carbocycles. The molecule has 11 heavy (non-hydrogen) atoms. The van der Waals surface area contributed by atoms with Crippen molar-refractivity contribution in [3.63, 3.8) is 0 Å². The maximum absolute atomic E-state index is 10.9. The summed E-state index contributed by atoms with van der Waals surface area (Å²) < 4.78 is 4.51. The zero-order valence-corrected chi connectivity index (χ0v) is 6.20. The average Bonchev–Trinajstić information content (AvgIpc) is 2.30. The molecule has 1 aliphatic rings. The first-order chi connectivity index (χ1) is 5.34. The third-order valence-electron chi connectivity index (χ3n) is 1.23. The van der Waals surface area contributed by atoms with E-state index in [0.29, 0.717) is 5.57 Å². The highest BCUT2D eigenvalue weighted by molar-refractivity contribution is 5.91. The summed E-state index contributed by atoms with van der Waals surface area (Å²) in [6, 6.07) is 0. The van der Waals surface area contributed by atoms with Crippen molar-refractivity contribution in [1.82, 2.24) is 0 Å². The van der Waals surface area contributed by atoms with Crippen molar-refractivity contribution < 1.29 is 9.53 Å². The zero-order chi connectivity index (χ0) is 8.10. The molecule has 0 saturated carbocycles. The van der Waals surface area contributed by atoms with E-state index in [-0.39, 0.29) is 5.97 Å². The first-order valence-electron chi connectivity index (χ1n) is 3.23. The van der Waals surface area contributed by atoms with E-state index in [2.05, 4.69) is 10.5 Å². The Hall–Kier alpha value is -1.53. The topological polar surface area (TPSA) is 26.3 Å². The van der Waals surface area contributed by atoms with Crippen LogP contribution < -0.4 is 0 Å². The van der Waals surface area contributed by atoms with Gasteiger partial charge in [-0.3, -0.25) is 0 Å². The predicted octanol–water partition coefficient (Wildman–Crippen LogP) is 1.37. The Bertz CT molecular complexity index is 276. The molecule has 1 rings (SSSR count). The van der Waals surface area contributed by atoms with Crippen LogP contribution in [0.3, 0.4) is 0 Å². The Morgan fingerprint density at radius 2 is 2.27 bits per heavy atom. The second kappa shape index (κ2) is 3.59. The van der Waals surface area contributed by atoms with Crippen LogP contribution in [0.15, 0.2) is 41.7 Å². The maximum Gasteiger partial charge on any atom is 0.345 e. The van der Waals surface area contributed by atoms with Crippen LogP contribution in [-0.4, -0.2) is 13.1 Å². The maximum atomic E-state index is 10.9. The van der Waals surface area contributed by atoms with Gasteiger partial charge in [-0.1, -0.05) is 18.2 Å². The molecule has 0 heterocycles. The lowest BCUT2D eigenvalue weighted by molar-refractivity contribution is -0.135. The van der Waals surface area contributed by atoms with E-state index >= 15 is 0 Å². The number of rotatable bonds is 1. The van der Waals surface area contributed by atoms with Gasteiger partial charge < -0.3 is 4.74 Å². The number of hydrogen-bond acceptors (Lipinski definition) is 2. The van der Waals surface area contributed by atoms with Crippen molar-refractivity contribution in [3.05, 3.63) is 41.7 Å². The molecule has 0 radical (unpaired) electrons. The van der Waals surface area contributed by atoms with Crippen LogP contribution in [0.2, 0.25) is 0 Å². The van der Waals surface area contributed by atoms with Gasteiger partial charge in [-0.2, -0.15) is 0 Å². The summed E-state index contributed by atoms with van der Waals surface area (Å²) in [5, 5.41) is 0. The number of methoxy groups -OCH3 is 1. The molecule has 56 valence electrons. The SMILES string of the molecule is COC(=O)C1=C=CC=CC=C1. The molecular weight excluding hydrogens is 140 g/mol. The highest BCUT2D eigenvalue weighted by Gasteiger charge is 2.03. The fourth-order valence-corrected chi connectivity index (χ4v) is 0.694. The second-order valence-electron chi connectivity index (χ2n) is 1.96. The summed E-state index contributed by atoms with van der Waals surface area (Å²) >= 11 is 0. The predicted molar refractivity (Wildman–Crippen MR) is 41.9 cm³/mol. The number of carbonyl (C=O) groups is 1. The molecule has 0 aromatic carbocycles. The third kappa shape index (κ3) is 1.95. The van der Waals surface area contributed by atoms with Gasteiger partial charge in [-0.15, -0.1) is 5.73 Å². The minimum atomic E-state index is -0.360. The molecule has 0 fully saturated rings. The summed E-state index contributed by atoms with van der Waals surface area (Å²) in [5.74, 6) is -0.360. The van der Waals surface area contributed by atoms with Gasteiger partial charge in [-0.05, 0) is 12.2 Å². The molecule has 0 unspecified atom stereocenters. The van der Waals surface area contributed by atoms with E-state index in [1.165, 1.54) is 7.11 Å². The van der Waals surface area contributed by atoms with Gasteiger partial charge in [0.25, 0.3) is 0 Å². The van der Waals surface area contributed by atoms with Crippen molar-refractivity contribution >= 4 is 5.97 Å². The van der Waals surface area contributed by atoms with E-state index in [1.807, 2.05) is 6.08 Å². The van der Waals surface area contributed by atoms with Gasteiger partial charge in [0.05, 0.1) is 7.11 Å². The number of carbonyl (C=O) groups excluding carboxylic acids is 1. The Labute approximate surface area is 65.2 Å². The molecule has 2 heteroatoms. The van der Waals surface area contributed by atoms with E-state index < -0.39 is 0 Å². The molecule has 0 aromatic rings. The highest BCUT2D eigenvalue weighted by Crippen LogP contribution is 2.00. The molecule has 0 aromatic heterocycles. The molecular formula is C9H8O2. The standard InChI is InChI=1S/C9H8O2/c1-11-9(10)8-6-4-2-3-5-7-8/h2-6H,1H3. The van der Waals surface area contributed by atoms with Crippen molar-refractivity contribution in [1.29, 1.82) is 0 Å². The molecule has 0 spiro atoms. The lowest BCUT2D eigenvalue weighted by Gasteiger charge is -1.93. The highest BCUT2D eigenvalue weighted by atomic mass is 16.5. The number of esters is 1. The molecule has 0 amide bonds. The summed E-state index contributed by atoms with van der Waals surface area (Å²) in [6.07, 6.45) is 8.72. The average molecular weight is 148 g/mol. The van der Waals surface area contributed by atoms with Crippen LogP contribution in [-0.2, 0) is 9.53 Å². The van der Waals surface area contributed by atoms with Crippen LogP contribution in [0.1, 0.15) is 0 Å². The van der Waals surface area contributed by atoms with Crippen molar-refractivity contribution in [2.45, 2.75) is 0 Å². The zero-order valence-electron chi connectivity index (χ0n) is 6.20. The van der Waals surface area contributed by atoms with Gasteiger partial charge in [0.2, 0.25) is 0 Å². The van der Waals surface area contributed by atoms with Crippen molar-refractivity contribution in [2.24, 2.45) is 0 Å². The second-order valence-corrected chi connectivity index (χ2v) is 1.96. The van der Waals surface area contributed by atoms with Crippen LogP contribution >= 0.6 is 0 Å². The van der Waals surface area contributed by atoms with E-state index in [9.17, 15) is 4.79 Å².